The molecule has 1 aromatic rings. The van der Waals surface area contributed by atoms with Crippen LogP contribution in [-0.2, 0) is 4.79 Å². The minimum atomic E-state index is -0.752. The molecule has 0 saturated heterocycles. The minimum absolute atomic E-state index is 0.0496. The summed E-state index contributed by atoms with van der Waals surface area (Å²) in [4.78, 5) is 11.5. The Morgan fingerprint density at radius 3 is 2.88 bits per heavy atom. The van der Waals surface area contributed by atoms with Crippen molar-refractivity contribution in [1.29, 1.82) is 0 Å². The Kier molecular flexibility index (Phi) is 3.29. The van der Waals surface area contributed by atoms with Crippen LogP contribution in [0.2, 0.25) is 0 Å². The molecule has 1 atom stereocenters. The van der Waals surface area contributed by atoms with Crippen molar-refractivity contribution in [2.24, 2.45) is 5.92 Å². The highest BCUT2D eigenvalue weighted by atomic mass is 16.4. The Labute approximate surface area is 94.6 Å². The average Bonchev–Trinajstić information content (AvgIpc) is 2.58. The average molecular weight is 223 g/mol. The van der Waals surface area contributed by atoms with Gasteiger partial charge in [0.15, 0.2) is 0 Å². The van der Waals surface area contributed by atoms with Crippen LogP contribution in [0.25, 0.3) is 0 Å². The van der Waals surface area contributed by atoms with E-state index in [2.05, 4.69) is 5.32 Å². The van der Waals surface area contributed by atoms with Crippen LogP contribution < -0.4 is 5.32 Å². The summed E-state index contributed by atoms with van der Waals surface area (Å²) in [5, 5.41) is 12.5. The number of rotatable bonds is 4. The van der Waals surface area contributed by atoms with Crippen LogP contribution in [0, 0.1) is 12.8 Å². The van der Waals surface area contributed by atoms with Gasteiger partial charge >= 0.3 is 0 Å². The molecule has 0 bridgehead atoms. The highest BCUT2D eigenvalue weighted by Gasteiger charge is 2.25. The highest BCUT2D eigenvalue weighted by Crippen LogP contribution is 2.26. The number of aryl methyl sites for hydroxylation is 1. The smallest absolute Gasteiger partial charge is 0.223 e. The summed E-state index contributed by atoms with van der Waals surface area (Å²) in [6.07, 6.45) is 2.33. The quantitative estimate of drug-likeness (QED) is 0.813. The van der Waals surface area contributed by atoms with E-state index in [9.17, 15) is 9.90 Å². The number of hydrogen-bond acceptors (Lipinski definition) is 3. The first-order valence-electron chi connectivity index (χ1n) is 5.69. The topological polar surface area (TPSA) is 62.5 Å². The van der Waals surface area contributed by atoms with E-state index in [-0.39, 0.29) is 18.4 Å². The van der Waals surface area contributed by atoms with E-state index in [4.69, 9.17) is 4.42 Å². The van der Waals surface area contributed by atoms with Gasteiger partial charge in [0.1, 0.15) is 17.6 Å². The normalized spacial score (nSPS) is 17.9. The Morgan fingerprint density at radius 1 is 1.62 bits per heavy atom. The van der Waals surface area contributed by atoms with E-state index in [1.54, 1.807) is 12.1 Å². The van der Waals surface area contributed by atoms with Gasteiger partial charge in [0.25, 0.3) is 0 Å². The summed E-state index contributed by atoms with van der Waals surface area (Å²) in [6, 6.07) is 3.53. The number of amides is 1. The van der Waals surface area contributed by atoms with Crippen molar-refractivity contribution in [2.75, 3.05) is 6.54 Å². The van der Waals surface area contributed by atoms with Gasteiger partial charge in [-0.25, -0.2) is 0 Å². The van der Waals surface area contributed by atoms with Crippen LogP contribution in [0.5, 0.6) is 0 Å². The second-order valence-corrected chi connectivity index (χ2v) is 4.34. The van der Waals surface area contributed by atoms with Gasteiger partial charge in [0.05, 0.1) is 6.54 Å². The zero-order chi connectivity index (χ0) is 11.5. The summed E-state index contributed by atoms with van der Waals surface area (Å²) in [5.41, 5.74) is 0. The van der Waals surface area contributed by atoms with Gasteiger partial charge in [0, 0.05) is 5.92 Å². The number of nitrogens with one attached hydrogen (secondary N) is 1. The second kappa shape index (κ2) is 4.70. The second-order valence-electron chi connectivity index (χ2n) is 4.34. The SMILES string of the molecule is Cc1ccc(C(O)CNC(=O)C2CCC2)o1. The maximum atomic E-state index is 11.5. The number of carbonyl (C=O) groups excluding carboxylic acids is 1. The molecule has 0 aromatic carbocycles. The Bertz CT molecular complexity index is 368. The van der Waals surface area contributed by atoms with E-state index in [0.717, 1.165) is 25.0 Å². The number of furan rings is 1. The van der Waals surface area contributed by atoms with Crippen LogP contribution in [-0.4, -0.2) is 17.6 Å². The zero-order valence-corrected chi connectivity index (χ0v) is 9.40. The fourth-order valence-corrected chi connectivity index (χ4v) is 1.75. The number of hydrogen-bond donors (Lipinski definition) is 2. The van der Waals surface area contributed by atoms with Crippen molar-refractivity contribution in [3.63, 3.8) is 0 Å². The molecule has 1 fully saturated rings. The maximum Gasteiger partial charge on any atom is 0.223 e. The van der Waals surface area contributed by atoms with Crippen molar-refractivity contribution in [2.45, 2.75) is 32.3 Å². The molecule has 88 valence electrons. The van der Waals surface area contributed by atoms with Crippen molar-refractivity contribution in [3.05, 3.63) is 23.7 Å². The largest absolute Gasteiger partial charge is 0.464 e. The molecule has 0 spiro atoms. The number of aliphatic hydroxyl groups excluding tert-OH is 1. The number of carbonyl (C=O) groups is 1. The lowest BCUT2D eigenvalue weighted by Gasteiger charge is -2.24. The van der Waals surface area contributed by atoms with Gasteiger partial charge in [0.2, 0.25) is 5.91 Å². The fourth-order valence-electron chi connectivity index (χ4n) is 1.75. The first kappa shape index (κ1) is 11.2. The van der Waals surface area contributed by atoms with Gasteiger partial charge in [-0.15, -0.1) is 0 Å². The van der Waals surface area contributed by atoms with E-state index < -0.39 is 6.10 Å². The first-order chi connectivity index (χ1) is 7.66. The van der Waals surface area contributed by atoms with Crippen molar-refractivity contribution < 1.29 is 14.3 Å². The molecular weight excluding hydrogens is 206 g/mol. The zero-order valence-electron chi connectivity index (χ0n) is 9.40. The number of aliphatic hydroxyl groups is 1. The summed E-state index contributed by atoms with van der Waals surface area (Å²) < 4.78 is 5.28. The van der Waals surface area contributed by atoms with Crippen molar-refractivity contribution >= 4 is 5.91 Å². The highest BCUT2D eigenvalue weighted by molar-refractivity contribution is 5.79. The first-order valence-corrected chi connectivity index (χ1v) is 5.69. The maximum absolute atomic E-state index is 11.5. The van der Waals surface area contributed by atoms with Gasteiger partial charge in [-0.1, -0.05) is 6.42 Å². The molecule has 2 rings (SSSR count). The van der Waals surface area contributed by atoms with E-state index in [0.29, 0.717) is 5.76 Å². The van der Waals surface area contributed by atoms with E-state index >= 15 is 0 Å². The monoisotopic (exact) mass is 223 g/mol. The van der Waals surface area contributed by atoms with E-state index in [1.165, 1.54) is 0 Å². The molecule has 1 aromatic heterocycles. The predicted molar refractivity (Wildman–Crippen MR) is 58.8 cm³/mol. The molecule has 1 aliphatic rings. The lowest BCUT2D eigenvalue weighted by atomic mass is 9.85. The van der Waals surface area contributed by atoms with Crippen LogP contribution in [0.4, 0.5) is 0 Å². The van der Waals surface area contributed by atoms with Crippen molar-refractivity contribution in [1.82, 2.24) is 5.32 Å². The standard InChI is InChI=1S/C12H17NO3/c1-8-5-6-11(16-8)10(14)7-13-12(15)9-3-2-4-9/h5-6,9-10,14H,2-4,7H2,1H3,(H,13,15). The Morgan fingerprint density at radius 2 is 2.38 bits per heavy atom. The summed E-state index contributed by atoms with van der Waals surface area (Å²) >= 11 is 0. The molecule has 16 heavy (non-hydrogen) atoms. The third-order valence-electron chi connectivity index (χ3n) is 3.04. The van der Waals surface area contributed by atoms with Crippen LogP contribution in [0.1, 0.15) is 36.9 Å². The van der Waals surface area contributed by atoms with Crippen molar-refractivity contribution in [3.8, 4) is 0 Å². The molecule has 1 amide bonds. The molecule has 1 heterocycles. The molecular formula is C12H17NO3. The molecule has 1 aliphatic carbocycles. The van der Waals surface area contributed by atoms with Gasteiger partial charge in [-0.3, -0.25) is 4.79 Å². The van der Waals surface area contributed by atoms with Gasteiger partial charge in [-0.05, 0) is 31.9 Å². The Hall–Kier alpha value is -1.29. The fraction of sp³-hybridized carbons (Fsp3) is 0.583. The molecule has 1 saturated carbocycles. The summed E-state index contributed by atoms with van der Waals surface area (Å²) in [6.45, 7) is 2.05. The summed E-state index contributed by atoms with van der Waals surface area (Å²) in [7, 11) is 0. The third kappa shape index (κ3) is 2.44. The third-order valence-corrected chi connectivity index (χ3v) is 3.04. The molecule has 0 aliphatic heterocycles. The van der Waals surface area contributed by atoms with E-state index in [1.807, 2.05) is 6.92 Å². The molecule has 2 N–H and O–H groups in total. The molecule has 4 nitrogen and oxygen atoms in total. The lowest BCUT2D eigenvalue weighted by Crippen LogP contribution is -2.36. The summed E-state index contributed by atoms with van der Waals surface area (Å²) in [5.74, 6) is 1.48. The molecule has 0 radical (unpaired) electrons. The Balaban J connectivity index is 1.78. The van der Waals surface area contributed by atoms with Crippen LogP contribution in [0.15, 0.2) is 16.5 Å². The minimum Gasteiger partial charge on any atom is -0.464 e. The molecule has 4 heteroatoms. The molecule has 1 unspecified atom stereocenters. The predicted octanol–water partition coefficient (Wildman–Crippen LogP) is 1.54. The van der Waals surface area contributed by atoms with Gasteiger partial charge in [-0.2, -0.15) is 0 Å². The van der Waals surface area contributed by atoms with Crippen LogP contribution in [0.3, 0.4) is 0 Å². The van der Waals surface area contributed by atoms with Crippen LogP contribution >= 0.6 is 0 Å². The lowest BCUT2D eigenvalue weighted by molar-refractivity contribution is -0.127. The van der Waals surface area contributed by atoms with Gasteiger partial charge < -0.3 is 14.8 Å².